The second kappa shape index (κ2) is 11.1. The van der Waals surface area contributed by atoms with Gasteiger partial charge in [-0.25, -0.2) is 0 Å². The highest BCUT2D eigenvalue weighted by molar-refractivity contribution is 6.04. The molecule has 3 rings (SSSR count). The van der Waals surface area contributed by atoms with Crippen LogP contribution in [-0.4, -0.2) is 50.6 Å². The molecule has 0 aromatic heterocycles. The van der Waals surface area contributed by atoms with Crippen LogP contribution in [0.25, 0.3) is 0 Å². The zero-order valence-corrected chi connectivity index (χ0v) is 17.5. The SMILES string of the molecule is COc1cccc(C(=O)NCCC(=O)Nc2ccccc2C(=O)NCC2CCCO2)c1. The molecule has 31 heavy (non-hydrogen) atoms. The average Bonchev–Trinajstić information content (AvgIpc) is 3.31. The summed E-state index contributed by atoms with van der Waals surface area (Å²) in [4.78, 5) is 37.1. The fraction of sp³-hybridized carbons (Fsp3) is 0.348. The van der Waals surface area contributed by atoms with Crippen LogP contribution in [0.5, 0.6) is 5.75 Å². The van der Waals surface area contributed by atoms with E-state index in [1.807, 2.05) is 0 Å². The number of carbonyl (C=O) groups excluding carboxylic acids is 3. The second-order valence-electron chi connectivity index (χ2n) is 7.18. The maximum Gasteiger partial charge on any atom is 0.253 e. The molecular weight excluding hydrogens is 398 g/mol. The van der Waals surface area contributed by atoms with Gasteiger partial charge in [0.1, 0.15) is 5.75 Å². The molecular formula is C23H27N3O5. The minimum atomic E-state index is -0.301. The molecule has 2 aromatic carbocycles. The monoisotopic (exact) mass is 425 g/mol. The van der Waals surface area contributed by atoms with E-state index in [0.717, 1.165) is 19.4 Å². The van der Waals surface area contributed by atoms with Crippen molar-refractivity contribution < 1.29 is 23.9 Å². The second-order valence-corrected chi connectivity index (χ2v) is 7.18. The molecule has 1 aliphatic heterocycles. The van der Waals surface area contributed by atoms with Crippen molar-refractivity contribution in [3.05, 3.63) is 59.7 Å². The summed E-state index contributed by atoms with van der Waals surface area (Å²) in [6.45, 7) is 1.33. The first-order valence-electron chi connectivity index (χ1n) is 10.3. The summed E-state index contributed by atoms with van der Waals surface area (Å²) in [6, 6.07) is 13.6. The Hall–Kier alpha value is -3.39. The van der Waals surface area contributed by atoms with Crippen molar-refractivity contribution >= 4 is 23.4 Å². The standard InChI is InChI=1S/C23H27N3O5/c1-30-17-7-4-6-16(14-17)22(28)24-12-11-21(27)26-20-10-3-2-9-19(20)23(29)25-15-18-8-5-13-31-18/h2-4,6-7,9-10,14,18H,5,8,11-13,15H2,1H3,(H,24,28)(H,25,29)(H,26,27). The van der Waals surface area contributed by atoms with Crippen LogP contribution in [0.4, 0.5) is 5.69 Å². The van der Waals surface area contributed by atoms with Crippen LogP contribution in [0.15, 0.2) is 48.5 Å². The Labute approximate surface area is 181 Å². The lowest BCUT2D eigenvalue weighted by molar-refractivity contribution is -0.116. The molecule has 1 saturated heterocycles. The van der Waals surface area contributed by atoms with Crippen LogP contribution in [0.3, 0.4) is 0 Å². The molecule has 0 radical (unpaired) electrons. The largest absolute Gasteiger partial charge is 0.497 e. The van der Waals surface area contributed by atoms with Crippen molar-refractivity contribution in [1.82, 2.24) is 10.6 Å². The maximum absolute atomic E-state index is 12.5. The van der Waals surface area contributed by atoms with E-state index in [1.165, 1.54) is 7.11 Å². The molecule has 0 aliphatic carbocycles. The summed E-state index contributed by atoms with van der Waals surface area (Å²) in [5.41, 5.74) is 1.26. The lowest BCUT2D eigenvalue weighted by Crippen LogP contribution is -2.32. The minimum absolute atomic E-state index is 0.0406. The lowest BCUT2D eigenvalue weighted by atomic mass is 10.1. The number of hydrogen-bond donors (Lipinski definition) is 3. The third-order valence-corrected chi connectivity index (χ3v) is 4.93. The van der Waals surface area contributed by atoms with Gasteiger partial charge < -0.3 is 25.4 Å². The number of methoxy groups -OCH3 is 1. The maximum atomic E-state index is 12.5. The summed E-state index contributed by atoms with van der Waals surface area (Å²) in [5.74, 6) is -0.275. The minimum Gasteiger partial charge on any atom is -0.497 e. The fourth-order valence-corrected chi connectivity index (χ4v) is 3.27. The molecule has 1 heterocycles. The van der Waals surface area contributed by atoms with E-state index in [0.29, 0.717) is 29.1 Å². The third kappa shape index (κ3) is 6.55. The van der Waals surface area contributed by atoms with E-state index >= 15 is 0 Å². The van der Waals surface area contributed by atoms with Crippen molar-refractivity contribution in [2.45, 2.75) is 25.4 Å². The van der Waals surface area contributed by atoms with E-state index in [9.17, 15) is 14.4 Å². The molecule has 0 spiro atoms. The van der Waals surface area contributed by atoms with Gasteiger partial charge in [-0.05, 0) is 43.2 Å². The van der Waals surface area contributed by atoms with Crippen LogP contribution < -0.4 is 20.7 Å². The van der Waals surface area contributed by atoms with E-state index in [4.69, 9.17) is 9.47 Å². The van der Waals surface area contributed by atoms with Crippen LogP contribution in [-0.2, 0) is 9.53 Å². The highest BCUT2D eigenvalue weighted by atomic mass is 16.5. The van der Waals surface area contributed by atoms with Gasteiger partial charge in [-0.2, -0.15) is 0 Å². The number of ether oxygens (including phenoxy) is 2. The number of hydrogen-bond acceptors (Lipinski definition) is 5. The highest BCUT2D eigenvalue weighted by Gasteiger charge is 2.18. The Morgan fingerprint density at radius 3 is 2.68 bits per heavy atom. The Balaban J connectivity index is 1.48. The van der Waals surface area contributed by atoms with Crippen molar-refractivity contribution in [2.75, 3.05) is 32.1 Å². The summed E-state index contributed by atoms with van der Waals surface area (Å²) in [6.07, 6.45) is 2.04. The number of nitrogens with one attached hydrogen (secondary N) is 3. The first-order chi connectivity index (χ1) is 15.1. The van der Waals surface area contributed by atoms with Crippen molar-refractivity contribution in [1.29, 1.82) is 0 Å². The predicted octanol–water partition coefficient (Wildman–Crippen LogP) is 2.36. The Morgan fingerprint density at radius 1 is 1.06 bits per heavy atom. The predicted molar refractivity (Wildman–Crippen MR) is 116 cm³/mol. The third-order valence-electron chi connectivity index (χ3n) is 4.93. The topological polar surface area (TPSA) is 106 Å². The van der Waals surface area contributed by atoms with Gasteiger partial charge in [-0.1, -0.05) is 18.2 Å². The molecule has 0 bridgehead atoms. The van der Waals surface area contributed by atoms with Gasteiger partial charge in [-0.3, -0.25) is 14.4 Å². The average molecular weight is 425 g/mol. The van der Waals surface area contributed by atoms with Gasteiger partial charge in [0.25, 0.3) is 11.8 Å². The van der Waals surface area contributed by atoms with E-state index < -0.39 is 0 Å². The smallest absolute Gasteiger partial charge is 0.253 e. The van der Waals surface area contributed by atoms with Crippen LogP contribution in [0.1, 0.15) is 40.0 Å². The first kappa shape index (κ1) is 22.3. The summed E-state index contributed by atoms with van der Waals surface area (Å²) < 4.78 is 10.6. The number of amides is 3. The van der Waals surface area contributed by atoms with Gasteiger partial charge in [0, 0.05) is 31.7 Å². The Kier molecular flexibility index (Phi) is 8.00. The van der Waals surface area contributed by atoms with Gasteiger partial charge in [0.15, 0.2) is 0 Å². The van der Waals surface area contributed by atoms with Crippen LogP contribution in [0, 0.1) is 0 Å². The van der Waals surface area contributed by atoms with Gasteiger partial charge in [0.2, 0.25) is 5.91 Å². The molecule has 8 nitrogen and oxygen atoms in total. The van der Waals surface area contributed by atoms with Crippen LogP contribution in [0.2, 0.25) is 0 Å². The zero-order chi connectivity index (χ0) is 22.1. The number of benzene rings is 2. The van der Waals surface area contributed by atoms with Gasteiger partial charge in [-0.15, -0.1) is 0 Å². The lowest BCUT2D eigenvalue weighted by Gasteiger charge is -2.14. The Morgan fingerprint density at radius 2 is 1.90 bits per heavy atom. The van der Waals surface area contributed by atoms with Gasteiger partial charge in [0.05, 0.1) is 24.5 Å². The first-order valence-corrected chi connectivity index (χ1v) is 10.3. The molecule has 1 fully saturated rings. The molecule has 3 N–H and O–H groups in total. The highest BCUT2D eigenvalue weighted by Crippen LogP contribution is 2.16. The van der Waals surface area contributed by atoms with E-state index in [1.54, 1.807) is 48.5 Å². The number of rotatable bonds is 9. The molecule has 2 aromatic rings. The molecule has 3 amide bonds. The van der Waals surface area contributed by atoms with Crippen LogP contribution >= 0.6 is 0 Å². The van der Waals surface area contributed by atoms with Crippen molar-refractivity contribution in [3.8, 4) is 5.75 Å². The molecule has 1 unspecified atom stereocenters. The molecule has 1 atom stereocenters. The van der Waals surface area contributed by atoms with E-state index in [-0.39, 0.29) is 36.8 Å². The number of anilines is 1. The summed E-state index contributed by atoms with van der Waals surface area (Å²) >= 11 is 0. The normalized spacial score (nSPS) is 15.2. The number of carbonyl (C=O) groups is 3. The quantitative estimate of drug-likeness (QED) is 0.572. The molecule has 0 saturated carbocycles. The fourth-order valence-electron chi connectivity index (χ4n) is 3.27. The number of para-hydroxylation sites is 1. The summed E-state index contributed by atoms with van der Waals surface area (Å²) in [5, 5.41) is 8.31. The van der Waals surface area contributed by atoms with Crippen molar-refractivity contribution in [2.24, 2.45) is 0 Å². The summed E-state index contributed by atoms with van der Waals surface area (Å²) in [7, 11) is 1.53. The molecule has 1 aliphatic rings. The van der Waals surface area contributed by atoms with E-state index in [2.05, 4.69) is 16.0 Å². The molecule has 8 heteroatoms. The van der Waals surface area contributed by atoms with Crippen molar-refractivity contribution in [3.63, 3.8) is 0 Å². The van der Waals surface area contributed by atoms with Gasteiger partial charge >= 0.3 is 0 Å². The molecule has 164 valence electrons. The Bertz CT molecular complexity index is 925. The zero-order valence-electron chi connectivity index (χ0n) is 17.5.